The number of carbonyl (C=O) groups excluding carboxylic acids is 1. The van der Waals surface area contributed by atoms with Gasteiger partial charge in [0.2, 0.25) is 0 Å². The number of hydrogen-bond acceptors (Lipinski definition) is 2. The van der Waals surface area contributed by atoms with E-state index in [0.29, 0.717) is 11.3 Å². The maximum atomic E-state index is 10.8. The highest BCUT2D eigenvalue weighted by Gasteiger charge is 2.02. The smallest absolute Gasteiger partial charge is 0.269 e. The van der Waals surface area contributed by atoms with Gasteiger partial charge in [-0.3, -0.25) is 10.5 Å². The molecule has 2 rings (SSSR count). The molecule has 0 aliphatic carbocycles. The Morgan fingerprint density at radius 2 is 1.69 bits per heavy atom. The third kappa shape index (κ3) is 2.03. The van der Waals surface area contributed by atoms with E-state index < -0.39 is 5.91 Å². The first-order valence-corrected chi connectivity index (χ1v) is 4.89. The minimum Gasteiger partial charge on any atom is -0.399 e. The van der Waals surface area contributed by atoms with Crippen LogP contribution in [-0.4, -0.2) is 5.91 Å². The van der Waals surface area contributed by atoms with Gasteiger partial charge in [-0.05, 0) is 35.4 Å². The average molecular weight is 211 g/mol. The third-order valence-electron chi connectivity index (χ3n) is 2.37. The van der Waals surface area contributed by atoms with Gasteiger partial charge in [0.1, 0.15) is 0 Å². The average Bonchev–Trinajstić information content (AvgIpc) is 2.29. The molecule has 3 N–H and O–H groups in total. The summed E-state index contributed by atoms with van der Waals surface area (Å²) in [6, 6.07) is 14.5. The fraction of sp³-hybridized carbons (Fsp3) is 0. The SMILES string of the molecule is [NH]C(=O)c1ccc(-c2cccc(N)c2)cc1. The van der Waals surface area contributed by atoms with E-state index in [2.05, 4.69) is 0 Å². The van der Waals surface area contributed by atoms with Gasteiger partial charge in [-0.25, -0.2) is 0 Å². The van der Waals surface area contributed by atoms with Crippen molar-refractivity contribution in [1.82, 2.24) is 5.73 Å². The van der Waals surface area contributed by atoms with Crippen molar-refractivity contribution in [3.63, 3.8) is 0 Å². The number of rotatable bonds is 2. The number of carbonyl (C=O) groups is 1. The Labute approximate surface area is 93.7 Å². The number of nitrogens with two attached hydrogens (primary N) is 1. The van der Waals surface area contributed by atoms with Crippen LogP contribution in [-0.2, 0) is 0 Å². The Morgan fingerprint density at radius 1 is 1.00 bits per heavy atom. The number of anilines is 1. The fourth-order valence-corrected chi connectivity index (χ4v) is 1.53. The van der Waals surface area contributed by atoms with E-state index in [9.17, 15) is 4.79 Å². The van der Waals surface area contributed by atoms with Gasteiger partial charge >= 0.3 is 0 Å². The minimum atomic E-state index is -0.667. The lowest BCUT2D eigenvalue weighted by Gasteiger charge is -2.03. The predicted molar refractivity (Wildman–Crippen MR) is 63.7 cm³/mol. The zero-order valence-electron chi connectivity index (χ0n) is 8.60. The van der Waals surface area contributed by atoms with Crippen LogP contribution in [0.1, 0.15) is 10.4 Å². The highest BCUT2D eigenvalue weighted by molar-refractivity contribution is 5.92. The molecule has 0 saturated carbocycles. The van der Waals surface area contributed by atoms with E-state index in [1.807, 2.05) is 36.4 Å². The molecule has 1 radical (unpaired) electrons. The van der Waals surface area contributed by atoms with Gasteiger partial charge in [0.15, 0.2) is 0 Å². The van der Waals surface area contributed by atoms with Crippen molar-refractivity contribution in [3.8, 4) is 11.1 Å². The highest BCUT2D eigenvalue weighted by Crippen LogP contribution is 2.21. The summed E-state index contributed by atoms with van der Waals surface area (Å²) in [6.45, 7) is 0. The van der Waals surface area contributed by atoms with E-state index in [4.69, 9.17) is 11.5 Å². The van der Waals surface area contributed by atoms with Gasteiger partial charge in [-0.15, -0.1) is 0 Å². The summed E-state index contributed by atoms with van der Waals surface area (Å²) in [5.41, 5.74) is 15.7. The molecule has 0 aliphatic rings. The summed E-state index contributed by atoms with van der Waals surface area (Å²) in [7, 11) is 0. The van der Waals surface area contributed by atoms with Crippen molar-refractivity contribution in [2.45, 2.75) is 0 Å². The highest BCUT2D eigenvalue weighted by atomic mass is 16.1. The first kappa shape index (κ1) is 10.2. The number of nitrogens with one attached hydrogen (secondary N) is 1. The van der Waals surface area contributed by atoms with E-state index in [-0.39, 0.29) is 0 Å². The fourth-order valence-electron chi connectivity index (χ4n) is 1.53. The molecule has 0 atom stereocenters. The van der Waals surface area contributed by atoms with Gasteiger partial charge in [0, 0.05) is 11.3 Å². The molecule has 3 nitrogen and oxygen atoms in total. The van der Waals surface area contributed by atoms with Crippen molar-refractivity contribution in [2.24, 2.45) is 0 Å². The molecule has 3 heteroatoms. The zero-order chi connectivity index (χ0) is 11.5. The molecule has 0 saturated heterocycles. The quantitative estimate of drug-likeness (QED) is 0.775. The van der Waals surface area contributed by atoms with E-state index in [0.717, 1.165) is 11.1 Å². The molecule has 1 amide bonds. The van der Waals surface area contributed by atoms with E-state index in [1.54, 1.807) is 12.1 Å². The van der Waals surface area contributed by atoms with Crippen LogP contribution in [0.15, 0.2) is 48.5 Å². The van der Waals surface area contributed by atoms with Crippen LogP contribution in [0.3, 0.4) is 0 Å². The molecule has 0 fully saturated rings. The van der Waals surface area contributed by atoms with Crippen molar-refractivity contribution in [3.05, 3.63) is 54.1 Å². The van der Waals surface area contributed by atoms with Crippen LogP contribution in [0.25, 0.3) is 11.1 Å². The molecule has 0 aliphatic heterocycles. The van der Waals surface area contributed by atoms with Crippen LogP contribution >= 0.6 is 0 Å². The molecule has 0 spiro atoms. The minimum absolute atomic E-state index is 0.396. The lowest BCUT2D eigenvalue weighted by Crippen LogP contribution is -1.97. The Bertz CT molecular complexity index is 518. The molecular formula is C13H11N2O. The van der Waals surface area contributed by atoms with E-state index >= 15 is 0 Å². The molecule has 0 bridgehead atoms. The first-order chi connectivity index (χ1) is 7.66. The third-order valence-corrected chi connectivity index (χ3v) is 2.37. The lowest BCUT2D eigenvalue weighted by atomic mass is 10.0. The molecule has 2 aromatic carbocycles. The Kier molecular flexibility index (Phi) is 2.60. The van der Waals surface area contributed by atoms with E-state index in [1.165, 1.54) is 0 Å². The number of benzene rings is 2. The number of hydrogen-bond donors (Lipinski definition) is 1. The van der Waals surface area contributed by atoms with Crippen LogP contribution in [0.2, 0.25) is 0 Å². The summed E-state index contributed by atoms with van der Waals surface area (Å²) in [5, 5.41) is 0. The van der Waals surface area contributed by atoms with Crippen molar-refractivity contribution in [1.29, 1.82) is 0 Å². The van der Waals surface area contributed by atoms with Gasteiger partial charge in [0.05, 0.1) is 0 Å². The summed E-state index contributed by atoms with van der Waals surface area (Å²) < 4.78 is 0. The molecular weight excluding hydrogens is 200 g/mol. The standard InChI is InChI=1S/C13H11N2O/c14-12-3-1-2-11(8-12)9-4-6-10(7-5-9)13(15)16/h1-8,15H,14H2. The van der Waals surface area contributed by atoms with Gasteiger partial charge < -0.3 is 5.73 Å². The van der Waals surface area contributed by atoms with Gasteiger partial charge in [-0.1, -0.05) is 24.3 Å². The topological polar surface area (TPSA) is 66.9 Å². The molecule has 79 valence electrons. The second-order valence-corrected chi connectivity index (χ2v) is 3.53. The maximum absolute atomic E-state index is 10.8. The Morgan fingerprint density at radius 3 is 2.25 bits per heavy atom. The van der Waals surface area contributed by atoms with Crippen LogP contribution in [0.5, 0.6) is 0 Å². The molecule has 2 aromatic rings. The van der Waals surface area contributed by atoms with Crippen molar-refractivity contribution >= 4 is 11.6 Å². The Balaban J connectivity index is 2.38. The largest absolute Gasteiger partial charge is 0.399 e. The first-order valence-electron chi connectivity index (χ1n) is 4.89. The van der Waals surface area contributed by atoms with Crippen molar-refractivity contribution < 1.29 is 4.79 Å². The second kappa shape index (κ2) is 4.06. The van der Waals surface area contributed by atoms with Crippen LogP contribution in [0.4, 0.5) is 5.69 Å². The van der Waals surface area contributed by atoms with Gasteiger partial charge in [-0.2, -0.15) is 0 Å². The molecule has 16 heavy (non-hydrogen) atoms. The zero-order valence-corrected chi connectivity index (χ0v) is 8.60. The number of amides is 1. The summed E-state index contributed by atoms with van der Waals surface area (Å²) in [6.07, 6.45) is 0. The maximum Gasteiger partial charge on any atom is 0.269 e. The second-order valence-electron chi connectivity index (χ2n) is 3.53. The summed E-state index contributed by atoms with van der Waals surface area (Å²) in [4.78, 5) is 10.8. The lowest BCUT2D eigenvalue weighted by molar-refractivity contribution is 0.0992. The molecule has 0 unspecified atom stereocenters. The normalized spacial score (nSPS) is 10.0. The summed E-state index contributed by atoms with van der Waals surface area (Å²) >= 11 is 0. The monoisotopic (exact) mass is 211 g/mol. The number of nitrogen functional groups attached to an aromatic ring is 1. The van der Waals surface area contributed by atoms with Crippen LogP contribution in [0, 0.1) is 0 Å². The van der Waals surface area contributed by atoms with Crippen LogP contribution < -0.4 is 11.5 Å². The van der Waals surface area contributed by atoms with Gasteiger partial charge in [0.25, 0.3) is 5.91 Å². The summed E-state index contributed by atoms with van der Waals surface area (Å²) in [5.74, 6) is -0.667. The molecule has 0 aromatic heterocycles. The Hall–Kier alpha value is -2.29. The molecule has 0 heterocycles. The predicted octanol–water partition coefficient (Wildman–Crippen LogP) is 2.36. The van der Waals surface area contributed by atoms with Crippen molar-refractivity contribution in [2.75, 3.05) is 5.73 Å².